The second kappa shape index (κ2) is 10.1. The highest BCUT2D eigenvalue weighted by atomic mass is 16.5. The predicted molar refractivity (Wildman–Crippen MR) is 134 cm³/mol. The van der Waals surface area contributed by atoms with Crippen LogP contribution < -0.4 is 19.5 Å². The maximum absolute atomic E-state index is 13.4. The molecule has 1 aliphatic heterocycles. The summed E-state index contributed by atoms with van der Waals surface area (Å²) in [4.78, 5) is 28.5. The van der Waals surface area contributed by atoms with Gasteiger partial charge in [0.25, 0.3) is 5.91 Å². The summed E-state index contributed by atoms with van der Waals surface area (Å²) < 4.78 is 16.6. The second-order valence-electron chi connectivity index (χ2n) is 8.58. The first-order valence-corrected chi connectivity index (χ1v) is 11.4. The lowest BCUT2D eigenvalue weighted by Crippen LogP contribution is -2.32. The topological polar surface area (TPSA) is 77.1 Å². The first-order valence-electron chi connectivity index (χ1n) is 11.4. The van der Waals surface area contributed by atoms with E-state index < -0.39 is 6.04 Å². The number of rotatable bonds is 8. The van der Waals surface area contributed by atoms with Gasteiger partial charge in [0.2, 0.25) is 11.7 Å². The third-order valence-corrected chi connectivity index (χ3v) is 6.42. The van der Waals surface area contributed by atoms with Crippen LogP contribution in [0.5, 0.6) is 17.2 Å². The van der Waals surface area contributed by atoms with Crippen LogP contribution >= 0.6 is 0 Å². The number of amides is 2. The number of carbonyl (C=O) groups is 2. The van der Waals surface area contributed by atoms with Gasteiger partial charge in [-0.05, 0) is 54.3 Å². The first-order chi connectivity index (χ1) is 16.9. The van der Waals surface area contributed by atoms with E-state index in [4.69, 9.17) is 14.2 Å². The highest BCUT2D eigenvalue weighted by molar-refractivity contribution is 5.99. The van der Waals surface area contributed by atoms with E-state index in [1.54, 1.807) is 31.3 Å². The molecule has 1 heterocycles. The maximum Gasteiger partial charge on any atom is 0.255 e. The van der Waals surface area contributed by atoms with Gasteiger partial charge in [-0.2, -0.15) is 0 Å². The quantitative estimate of drug-likeness (QED) is 0.494. The Morgan fingerprint density at radius 2 is 1.57 bits per heavy atom. The van der Waals surface area contributed by atoms with Crippen molar-refractivity contribution in [2.24, 2.45) is 0 Å². The number of methoxy groups -OCH3 is 3. The van der Waals surface area contributed by atoms with Gasteiger partial charge in [0.1, 0.15) is 0 Å². The Hall–Kier alpha value is -4.00. The van der Waals surface area contributed by atoms with Crippen LogP contribution in [0.2, 0.25) is 0 Å². The van der Waals surface area contributed by atoms with E-state index in [1.807, 2.05) is 56.3 Å². The van der Waals surface area contributed by atoms with Crippen LogP contribution in [0.4, 0.5) is 5.69 Å². The number of hydrogen-bond acceptors (Lipinski definition) is 5. The summed E-state index contributed by atoms with van der Waals surface area (Å²) in [5, 5.41) is 3.05. The molecule has 182 valence electrons. The normalized spacial score (nSPS) is 13.3. The smallest absolute Gasteiger partial charge is 0.255 e. The second-order valence-corrected chi connectivity index (χ2v) is 8.58. The van der Waals surface area contributed by atoms with E-state index in [0.29, 0.717) is 29.4 Å². The molecule has 0 aliphatic carbocycles. The fourth-order valence-corrected chi connectivity index (χ4v) is 4.61. The Morgan fingerprint density at radius 3 is 2.14 bits per heavy atom. The van der Waals surface area contributed by atoms with Crippen LogP contribution in [0.25, 0.3) is 0 Å². The zero-order valence-electron chi connectivity index (χ0n) is 20.7. The van der Waals surface area contributed by atoms with Crippen molar-refractivity contribution in [2.75, 3.05) is 26.6 Å². The van der Waals surface area contributed by atoms with Gasteiger partial charge in [-0.25, -0.2) is 0 Å². The highest BCUT2D eigenvalue weighted by Gasteiger charge is 2.35. The van der Waals surface area contributed by atoms with Gasteiger partial charge >= 0.3 is 0 Å². The van der Waals surface area contributed by atoms with E-state index in [9.17, 15) is 9.59 Å². The average Bonchev–Trinajstić information content (AvgIpc) is 3.20. The minimum atomic E-state index is -0.548. The molecule has 0 saturated heterocycles. The van der Waals surface area contributed by atoms with Gasteiger partial charge in [-0.15, -0.1) is 0 Å². The molecule has 35 heavy (non-hydrogen) atoms. The Labute approximate surface area is 205 Å². The predicted octanol–water partition coefficient (Wildman–Crippen LogP) is 5.06. The van der Waals surface area contributed by atoms with Crippen molar-refractivity contribution in [3.63, 3.8) is 0 Å². The number of nitrogens with one attached hydrogen (secondary N) is 1. The zero-order valence-corrected chi connectivity index (χ0v) is 20.7. The largest absolute Gasteiger partial charge is 0.493 e. The van der Waals surface area contributed by atoms with Gasteiger partial charge in [0, 0.05) is 17.8 Å². The molecule has 3 aromatic rings. The molecular weight excluding hydrogens is 444 g/mol. The van der Waals surface area contributed by atoms with Gasteiger partial charge < -0.3 is 24.4 Å². The van der Waals surface area contributed by atoms with Gasteiger partial charge in [0.15, 0.2) is 11.5 Å². The standard InChI is InChI=1S/C28H30N2O5/c1-17-9-8-10-18(2)26(17)29-25(31)15-22(30-16-19-11-6-7-12-21(19)28(30)32)20-13-23(33-3)27(35-5)24(14-20)34-4/h6-14,22H,15-16H2,1-5H3,(H,29,31)/t22-/m0/s1. The number of ether oxygens (including phenoxy) is 3. The Morgan fingerprint density at radius 1 is 0.943 bits per heavy atom. The number of fused-ring (bicyclic) bond motifs is 1. The highest BCUT2D eigenvalue weighted by Crippen LogP contribution is 2.43. The van der Waals surface area contributed by atoms with E-state index in [-0.39, 0.29) is 18.2 Å². The van der Waals surface area contributed by atoms with Crippen molar-refractivity contribution in [1.29, 1.82) is 0 Å². The molecule has 7 heteroatoms. The Kier molecular flexibility index (Phi) is 6.96. The van der Waals surface area contributed by atoms with Gasteiger partial charge in [0.05, 0.1) is 33.8 Å². The van der Waals surface area contributed by atoms with Gasteiger partial charge in [-0.3, -0.25) is 9.59 Å². The number of benzene rings is 3. The van der Waals surface area contributed by atoms with Crippen LogP contribution in [0.1, 0.15) is 45.1 Å². The molecule has 3 aromatic carbocycles. The SMILES string of the molecule is COc1cc([C@H](CC(=O)Nc2c(C)cccc2C)N2Cc3ccccc3C2=O)cc(OC)c1OC. The van der Waals surface area contributed by atoms with Crippen molar-refractivity contribution >= 4 is 17.5 Å². The van der Waals surface area contributed by atoms with Gasteiger partial charge in [-0.1, -0.05) is 36.4 Å². The molecule has 1 aliphatic rings. The summed E-state index contributed by atoms with van der Waals surface area (Å²) in [5.41, 5.74) is 5.05. The molecule has 7 nitrogen and oxygen atoms in total. The van der Waals surface area contributed by atoms with Crippen LogP contribution in [0, 0.1) is 13.8 Å². The average molecular weight is 475 g/mol. The van der Waals surface area contributed by atoms with E-state index in [1.165, 1.54) is 7.11 Å². The summed E-state index contributed by atoms with van der Waals surface area (Å²) in [6.07, 6.45) is 0.0616. The van der Waals surface area contributed by atoms with Crippen molar-refractivity contribution in [1.82, 2.24) is 4.90 Å². The van der Waals surface area contributed by atoms with Crippen LogP contribution in [-0.2, 0) is 11.3 Å². The summed E-state index contributed by atoms with van der Waals surface area (Å²) in [5.74, 6) is 1.08. The third kappa shape index (κ3) is 4.67. The molecule has 0 bridgehead atoms. The van der Waals surface area contributed by atoms with E-state index >= 15 is 0 Å². The lowest BCUT2D eigenvalue weighted by Gasteiger charge is -2.29. The molecular formula is C28H30N2O5. The molecule has 0 saturated carbocycles. The lowest BCUT2D eigenvalue weighted by molar-refractivity contribution is -0.117. The fourth-order valence-electron chi connectivity index (χ4n) is 4.61. The zero-order chi connectivity index (χ0) is 25.1. The number of nitrogens with zero attached hydrogens (tertiary/aromatic N) is 1. The number of hydrogen-bond donors (Lipinski definition) is 1. The minimum absolute atomic E-state index is 0.0616. The minimum Gasteiger partial charge on any atom is -0.493 e. The summed E-state index contributed by atoms with van der Waals surface area (Å²) in [6.45, 7) is 4.33. The molecule has 2 amide bonds. The van der Waals surface area contributed by atoms with Crippen LogP contribution in [0.3, 0.4) is 0 Å². The first kappa shape index (κ1) is 24.1. The number of carbonyl (C=O) groups excluding carboxylic acids is 2. The summed E-state index contributed by atoms with van der Waals surface area (Å²) >= 11 is 0. The Balaban J connectivity index is 1.74. The van der Waals surface area contributed by atoms with E-state index in [2.05, 4.69) is 5.32 Å². The molecule has 1 atom stereocenters. The van der Waals surface area contributed by atoms with Crippen LogP contribution in [-0.4, -0.2) is 38.0 Å². The Bertz CT molecular complexity index is 1220. The maximum atomic E-state index is 13.4. The van der Waals surface area contributed by atoms with Crippen molar-refractivity contribution in [3.8, 4) is 17.2 Å². The number of aryl methyl sites for hydroxylation is 2. The molecule has 0 spiro atoms. The third-order valence-electron chi connectivity index (χ3n) is 6.42. The van der Waals surface area contributed by atoms with Crippen LogP contribution in [0.15, 0.2) is 54.6 Å². The molecule has 4 rings (SSSR count). The van der Waals surface area contributed by atoms with Crippen molar-refractivity contribution in [3.05, 3.63) is 82.4 Å². The molecule has 0 radical (unpaired) electrons. The van der Waals surface area contributed by atoms with Crippen molar-refractivity contribution in [2.45, 2.75) is 32.9 Å². The van der Waals surface area contributed by atoms with E-state index in [0.717, 1.165) is 27.9 Å². The molecule has 0 unspecified atom stereocenters. The number of anilines is 1. The fraction of sp³-hybridized carbons (Fsp3) is 0.286. The molecule has 1 N–H and O–H groups in total. The summed E-state index contributed by atoms with van der Waals surface area (Å²) in [6, 6.07) is 16.5. The molecule has 0 fully saturated rings. The number of para-hydroxylation sites is 1. The molecule has 0 aromatic heterocycles. The monoisotopic (exact) mass is 474 g/mol. The lowest BCUT2D eigenvalue weighted by atomic mass is 9.99. The van der Waals surface area contributed by atoms with Crippen molar-refractivity contribution < 1.29 is 23.8 Å². The summed E-state index contributed by atoms with van der Waals surface area (Å²) in [7, 11) is 4.62.